The standard InChI is InChI=1S/C8H17N3O2/c1-7(2,10)6(13)11-8(3,4)5(9)12/h10H2,1-4H3,(H2,9,12)(H,11,13). The van der Waals surface area contributed by atoms with E-state index in [1.54, 1.807) is 13.8 Å². The third-order valence-electron chi connectivity index (χ3n) is 1.63. The minimum absolute atomic E-state index is 0.406. The summed E-state index contributed by atoms with van der Waals surface area (Å²) in [6.45, 7) is 6.16. The number of nitrogens with one attached hydrogen (secondary N) is 1. The van der Waals surface area contributed by atoms with Crippen molar-refractivity contribution in [3.05, 3.63) is 0 Å². The van der Waals surface area contributed by atoms with E-state index in [-0.39, 0.29) is 0 Å². The lowest BCUT2D eigenvalue weighted by molar-refractivity contribution is -0.132. The Morgan fingerprint density at radius 2 is 1.54 bits per heavy atom. The zero-order chi connectivity index (χ0) is 10.9. The molecule has 0 rings (SSSR count). The molecule has 5 N–H and O–H groups in total. The summed E-state index contributed by atoms with van der Waals surface area (Å²) in [5, 5.41) is 2.46. The molecule has 0 aliphatic rings. The zero-order valence-electron chi connectivity index (χ0n) is 8.47. The number of hydrogen-bond acceptors (Lipinski definition) is 3. The van der Waals surface area contributed by atoms with Crippen molar-refractivity contribution in [3.8, 4) is 0 Å². The molecule has 13 heavy (non-hydrogen) atoms. The van der Waals surface area contributed by atoms with Crippen LogP contribution in [0.15, 0.2) is 0 Å². The van der Waals surface area contributed by atoms with E-state index < -0.39 is 22.9 Å². The van der Waals surface area contributed by atoms with Crippen LogP contribution in [0.1, 0.15) is 27.7 Å². The number of primary amides is 1. The second kappa shape index (κ2) is 3.33. The van der Waals surface area contributed by atoms with Crippen molar-refractivity contribution >= 4 is 11.8 Å². The van der Waals surface area contributed by atoms with Crippen LogP contribution < -0.4 is 16.8 Å². The highest BCUT2D eigenvalue weighted by molar-refractivity contribution is 5.92. The molecule has 5 heteroatoms. The van der Waals surface area contributed by atoms with E-state index in [0.29, 0.717) is 0 Å². The third-order valence-corrected chi connectivity index (χ3v) is 1.63. The minimum atomic E-state index is -1.06. The van der Waals surface area contributed by atoms with Crippen LogP contribution in [0, 0.1) is 0 Å². The summed E-state index contributed by atoms with van der Waals surface area (Å²) in [6.07, 6.45) is 0. The molecule has 0 aliphatic carbocycles. The van der Waals surface area contributed by atoms with Gasteiger partial charge in [-0.15, -0.1) is 0 Å². The molecule has 0 radical (unpaired) electrons. The minimum Gasteiger partial charge on any atom is -0.368 e. The van der Waals surface area contributed by atoms with Crippen LogP contribution in [0.5, 0.6) is 0 Å². The summed E-state index contributed by atoms with van der Waals surface area (Å²) in [5.74, 6) is -0.999. The average Bonchev–Trinajstić information content (AvgIpc) is 1.83. The van der Waals surface area contributed by atoms with Gasteiger partial charge in [0, 0.05) is 0 Å². The molecule has 0 bridgehead atoms. The van der Waals surface area contributed by atoms with Gasteiger partial charge in [-0.3, -0.25) is 9.59 Å². The molecule has 0 unspecified atom stereocenters. The second-order valence-electron chi connectivity index (χ2n) is 4.17. The maximum absolute atomic E-state index is 11.3. The first-order valence-corrected chi connectivity index (χ1v) is 3.99. The molecule has 2 amide bonds. The number of amides is 2. The highest BCUT2D eigenvalue weighted by atomic mass is 16.2. The Labute approximate surface area is 77.8 Å². The largest absolute Gasteiger partial charge is 0.368 e. The van der Waals surface area contributed by atoms with E-state index in [0.717, 1.165) is 0 Å². The first kappa shape index (κ1) is 11.9. The van der Waals surface area contributed by atoms with Gasteiger partial charge in [-0.05, 0) is 27.7 Å². The quantitative estimate of drug-likeness (QED) is 0.534. The SMILES string of the molecule is CC(C)(N)C(=O)NC(C)(C)C(N)=O. The van der Waals surface area contributed by atoms with Crippen LogP contribution in [0.25, 0.3) is 0 Å². The van der Waals surface area contributed by atoms with E-state index in [2.05, 4.69) is 5.32 Å². The molecule has 0 saturated carbocycles. The van der Waals surface area contributed by atoms with Gasteiger partial charge in [0.05, 0.1) is 5.54 Å². The van der Waals surface area contributed by atoms with E-state index in [1.807, 2.05) is 0 Å². The smallest absolute Gasteiger partial charge is 0.242 e. The topological polar surface area (TPSA) is 98.2 Å². The maximum Gasteiger partial charge on any atom is 0.242 e. The van der Waals surface area contributed by atoms with Gasteiger partial charge in [-0.1, -0.05) is 0 Å². The van der Waals surface area contributed by atoms with Crippen molar-refractivity contribution in [1.29, 1.82) is 0 Å². The Morgan fingerprint density at radius 1 is 1.15 bits per heavy atom. The molecule has 0 aromatic heterocycles. The highest BCUT2D eigenvalue weighted by Crippen LogP contribution is 2.04. The number of carbonyl (C=O) groups excluding carboxylic acids is 2. The summed E-state index contributed by atoms with van der Waals surface area (Å²) in [6, 6.07) is 0. The molecular formula is C8H17N3O2. The molecule has 0 spiro atoms. The van der Waals surface area contributed by atoms with Gasteiger partial charge in [-0.2, -0.15) is 0 Å². The molecule has 0 fully saturated rings. The van der Waals surface area contributed by atoms with Gasteiger partial charge < -0.3 is 16.8 Å². The van der Waals surface area contributed by atoms with Gasteiger partial charge in [0.1, 0.15) is 5.54 Å². The fraction of sp³-hybridized carbons (Fsp3) is 0.750. The van der Waals surface area contributed by atoms with Crippen molar-refractivity contribution in [1.82, 2.24) is 5.32 Å². The average molecular weight is 187 g/mol. The molecule has 0 atom stereocenters. The Bertz CT molecular complexity index is 228. The van der Waals surface area contributed by atoms with E-state index >= 15 is 0 Å². The summed E-state index contributed by atoms with van der Waals surface area (Å²) >= 11 is 0. The van der Waals surface area contributed by atoms with E-state index in [1.165, 1.54) is 13.8 Å². The lowest BCUT2D eigenvalue weighted by atomic mass is 10.0. The van der Waals surface area contributed by atoms with Crippen molar-refractivity contribution in [3.63, 3.8) is 0 Å². The Balaban J connectivity index is 4.47. The van der Waals surface area contributed by atoms with Gasteiger partial charge in [0.25, 0.3) is 0 Å². The summed E-state index contributed by atoms with van der Waals surface area (Å²) in [5.41, 5.74) is 8.52. The van der Waals surface area contributed by atoms with Crippen LogP contribution in [0.4, 0.5) is 0 Å². The zero-order valence-corrected chi connectivity index (χ0v) is 8.47. The fourth-order valence-electron chi connectivity index (χ4n) is 0.507. The van der Waals surface area contributed by atoms with Crippen LogP contribution >= 0.6 is 0 Å². The normalized spacial score (nSPS) is 12.4. The lowest BCUT2D eigenvalue weighted by Gasteiger charge is -2.27. The number of hydrogen-bond donors (Lipinski definition) is 3. The number of nitrogens with two attached hydrogens (primary N) is 2. The van der Waals surface area contributed by atoms with E-state index in [4.69, 9.17) is 11.5 Å². The van der Waals surface area contributed by atoms with Gasteiger partial charge in [0.15, 0.2) is 0 Å². The van der Waals surface area contributed by atoms with Crippen molar-refractivity contribution in [2.24, 2.45) is 11.5 Å². The van der Waals surface area contributed by atoms with Crippen LogP contribution in [-0.2, 0) is 9.59 Å². The molecular weight excluding hydrogens is 170 g/mol. The lowest BCUT2D eigenvalue weighted by Crippen LogP contribution is -2.60. The maximum atomic E-state index is 11.3. The first-order chi connectivity index (χ1) is 5.57. The van der Waals surface area contributed by atoms with Gasteiger partial charge in [0.2, 0.25) is 11.8 Å². The summed E-state index contributed by atoms with van der Waals surface area (Å²) in [4.78, 5) is 22.2. The Morgan fingerprint density at radius 3 is 1.77 bits per heavy atom. The summed E-state index contributed by atoms with van der Waals surface area (Å²) in [7, 11) is 0. The van der Waals surface area contributed by atoms with Crippen molar-refractivity contribution in [2.75, 3.05) is 0 Å². The third kappa shape index (κ3) is 3.42. The molecule has 0 aromatic carbocycles. The van der Waals surface area contributed by atoms with E-state index in [9.17, 15) is 9.59 Å². The Hall–Kier alpha value is -1.10. The fourth-order valence-corrected chi connectivity index (χ4v) is 0.507. The molecule has 0 heterocycles. The predicted octanol–water partition coefficient (Wildman–Crippen LogP) is -0.896. The van der Waals surface area contributed by atoms with Crippen molar-refractivity contribution < 1.29 is 9.59 Å². The number of rotatable bonds is 3. The molecule has 76 valence electrons. The number of carbonyl (C=O) groups is 2. The molecule has 0 aromatic rings. The monoisotopic (exact) mass is 187 g/mol. The Kier molecular flexibility index (Phi) is 3.05. The van der Waals surface area contributed by atoms with Crippen LogP contribution in [0.3, 0.4) is 0 Å². The molecule has 0 saturated heterocycles. The molecule has 0 aliphatic heterocycles. The highest BCUT2D eigenvalue weighted by Gasteiger charge is 2.32. The summed E-state index contributed by atoms with van der Waals surface area (Å²) < 4.78 is 0. The van der Waals surface area contributed by atoms with Gasteiger partial charge in [-0.25, -0.2) is 0 Å². The van der Waals surface area contributed by atoms with Gasteiger partial charge >= 0.3 is 0 Å². The van der Waals surface area contributed by atoms with Crippen LogP contribution in [-0.4, -0.2) is 22.9 Å². The first-order valence-electron chi connectivity index (χ1n) is 3.99. The van der Waals surface area contributed by atoms with Crippen molar-refractivity contribution in [2.45, 2.75) is 38.8 Å². The molecule has 5 nitrogen and oxygen atoms in total. The second-order valence-corrected chi connectivity index (χ2v) is 4.17. The predicted molar refractivity (Wildman–Crippen MR) is 49.7 cm³/mol. The van der Waals surface area contributed by atoms with Crippen LogP contribution in [0.2, 0.25) is 0 Å².